The lowest BCUT2D eigenvalue weighted by Gasteiger charge is -2.30. The number of nitrogens with zero attached hydrogens (tertiary/aromatic N) is 3. The van der Waals surface area contributed by atoms with Crippen molar-refractivity contribution in [3.05, 3.63) is 35.9 Å². The van der Waals surface area contributed by atoms with Crippen LogP contribution in [0.15, 0.2) is 24.4 Å². The number of carbonyl (C=O) groups is 1. The fourth-order valence-corrected chi connectivity index (χ4v) is 4.28. The van der Waals surface area contributed by atoms with Crippen LogP contribution in [-0.2, 0) is 10.0 Å². The third kappa shape index (κ3) is 3.91. The summed E-state index contributed by atoms with van der Waals surface area (Å²) in [6, 6.07) is 5.63. The zero-order valence-electron chi connectivity index (χ0n) is 15.7. The fraction of sp³-hybridized carbons (Fsp3) is 0.556. The van der Waals surface area contributed by atoms with Crippen LogP contribution in [0.25, 0.3) is 5.52 Å². The number of rotatable bonds is 3. The van der Waals surface area contributed by atoms with Gasteiger partial charge in [0.25, 0.3) is 5.91 Å². The molecular formula is C18H26N4O3S. The number of hydrogen-bond donors (Lipinski definition) is 1. The monoisotopic (exact) mass is 378 g/mol. The summed E-state index contributed by atoms with van der Waals surface area (Å²) in [5, 5.41) is 2.96. The molecule has 1 amide bonds. The molecule has 3 heterocycles. The van der Waals surface area contributed by atoms with Crippen LogP contribution in [0.5, 0.6) is 0 Å². The molecule has 1 aliphatic heterocycles. The maximum atomic E-state index is 12.7. The van der Waals surface area contributed by atoms with E-state index in [1.807, 2.05) is 49.6 Å². The van der Waals surface area contributed by atoms with E-state index in [4.69, 9.17) is 0 Å². The lowest BCUT2D eigenvalue weighted by atomic mass is 9.99. The van der Waals surface area contributed by atoms with Crippen molar-refractivity contribution in [2.24, 2.45) is 0 Å². The van der Waals surface area contributed by atoms with Gasteiger partial charge in [0.1, 0.15) is 5.82 Å². The summed E-state index contributed by atoms with van der Waals surface area (Å²) in [5.41, 5.74) is 0.757. The van der Waals surface area contributed by atoms with Gasteiger partial charge in [-0.1, -0.05) is 6.07 Å². The standard InChI is InChI=1S/C18H26N4O3S/c1-18(2,3)20-17(23)15-14-9-5-6-11-22(14)16(19-15)13-8-7-10-21(12-13)26(4,24)25/h5-6,9,11,13H,7-8,10,12H2,1-4H3,(H,20,23)/t13-/m1/s1. The van der Waals surface area contributed by atoms with Crippen molar-refractivity contribution in [3.63, 3.8) is 0 Å². The summed E-state index contributed by atoms with van der Waals surface area (Å²) in [6.07, 6.45) is 4.75. The van der Waals surface area contributed by atoms with Gasteiger partial charge in [0.2, 0.25) is 10.0 Å². The Kier molecular flexibility index (Phi) is 4.83. The van der Waals surface area contributed by atoms with E-state index in [1.165, 1.54) is 10.6 Å². The molecule has 1 saturated heterocycles. The highest BCUT2D eigenvalue weighted by Gasteiger charge is 2.31. The Morgan fingerprint density at radius 1 is 1.31 bits per heavy atom. The largest absolute Gasteiger partial charge is 0.346 e. The average molecular weight is 378 g/mol. The van der Waals surface area contributed by atoms with Gasteiger partial charge in [-0.05, 0) is 45.7 Å². The zero-order chi connectivity index (χ0) is 19.1. The number of carbonyl (C=O) groups excluding carboxylic acids is 1. The molecule has 1 fully saturated rings. The van der Waals surface area contributed by atoms with Gasteiger partial charge in [-0.3, -0.25) is 4.79 Å². The van der Waals surface area contributed by atoms with Crippen LogP contribution >= 0.6 is 0 Å². The molecule has 8 heteroatoms. The van der Waals surface area contributed by atoms with Gasteiger partial charge in [-0.2, -0.15) is 0 Å². The molecule has 1 N–H and O–H groups in total. The van der Waals surface area contributed by atoms with E-state index in [-0.39, 0.29) is 17.4 Å². The van der Waals surface area contributed by atoms with E-state index in [0.717, 1.165) is 24.2 Å². The summed E-state index contributed by atoms with van der Waals surface area (Å²) < 4.78 is 27.3. The molecule has 0 unspecified atom stereocenters. The van der Waals surface area contributed by atoms with E-state index in [1.54, 1.807) is 0 Å². The van der Waals surface area contributed by atoms with Crippen molar-refractivity contribution in [3.8, 4) is 0 Å². The summed E-state index contributed by atoms with van der Waals surface area (Å²) in [6.45, 7) is 6.71. The molecule has 0 aliphatic carbocycles. The maximum absolute atomic E-state index is 12.7. The van der Waals surface area contributed by atoms with E-state index >= 15 is 0 Å². The van der Waals surface area contributed by atoms with Crippen LogP contribution in [0, 0.1) is 0 Å². The van der Waals surface area contributed by atoms with Crippen LogP contribution in [0.2, 0.25) is 0 Å². The van der Waals surface area contributed by atoms with Crippen molar-refractivity contribution in [1.29, 1.82) is 0 Å². The van der Waals surface area contributed by atoms with Crippen LogP contribution < -0.4 is 5.32 Å². The molecule has 7 nitrogen and oxygen atoms in total. The van der Waals surface area contributed by atoms with Gasteiger partial charge in [0, 0.05) is 30.7 Å². The number of hydrogen-bond acceptors (Lipinski definition) is 4. The number of amides is 1. The SMILES string of the molecule is CC(C)(C)NC(=O)c1nc([C@@H]2CCCN(S(C)(=O)=O)C2)n2ccccc12. The highest BCUT2D eigenvalue weighted by Crippen LogP contribution is 2.29. The number of imidazole rings is 1. The second-order valence-corrected chi connectivity index (χ2v) is 9.92. The van der Waals surface area contributed by atoms with E-state index in [2.05, 4.69) is 10.3 Å². The molecule has 26 heavy (non-hydrogen) atoms. The Bertz CT molecular complexity index is 928. The normalized spacial score (nSPS) is 19.6. The molecule has 0 bridgehead atoms. The van der Waals surface area contributed by atoms with Crippen LogP contribution in [0.3, 0.4) is 0 Å². The molecule has 3 rings (SSSR count). The average Bonchev–Trinajstić information content (AvgIpc) is 2.92. The molecule has 1 atom stereocenters. The minimum atomic E-state index is -3.24. The maximum Gasteiger partial charge on any atom is 0.272 e. The first-order valence-corrected chi connectivity index (χ1v) is 10.7. The Labute approximate surface area is 154 Å². The second-order valence-electron chi connectivity index (χ2n) is 7.94. The van der Waals surface area contributed by atoms with Crippen LogP contribution in [0.4, 0.5) is 0 Å². The van der Waals surface area contributed by atoms with E-state index in [0.29, 0.717) is 18.8 Å². The van der Waals surface area contributed by atoms with Gasteiger partial charge in [-0.25, -0.2) is 17.7 Å². The summed E-state index contributed by atoms with van der Waals surface area (Å²) in [7, 11) is -3.24. The molecule has 2 aromatic rings. The number of pyridine rings is 1. The highest BCUT2D eigenvalue weighted by molar-refractivity contribution is 7.88. The third-order valence-electron chi connectivity index (χ3n) is 4.50. The topological polar surface area (TPSA) is 83.8 Å². The van der Waals surface area contributed by atoms with Crippen molar-refractivity contribution in [1.82, 2.24) is 19.0 Å². The number of nitrogens with one attached hydrogen (secondary N) is 1. The Morgan fingerprint density at radius 3 is 2.69 bits per heavy atom. The molecule has 0 spiro atoms. The first-order chi connectivity index (χ1) is 12.1. The van der Waals surface area contributed by atoms with Crippen molar-refractivity contribution in [2.45, 2.75) is 45.1 Å². The predicted octanol–water partition coefficient (Wildman–Crippen LogP) is 2.00. The number of sulfonamides is 1. The summed E-state index contributed by atoms with van der Waals surface area (Å²) >= 11 is 0. The Morgan fingerprint density at radius 2 is 2.04 bits per heavy atom. The van der Waals surface area contributed by atoms with Crippen LogP contribution in [-0.4, -0.2) is 52.9 Å². The van der Waals surface area contributed by atoms with Gasteiger partial charge in [0.05, 0.1) is 11.8 Å². The first kappa shape index (κ1) is 18.8. The number of fused-ring (bicyclic) bond motifs is 1. The predicted molar refractivity (Wildman–Crippen MR) is 101 cm³/mol. The number of piperidine rings is 1. The fourth-order valence-electron chi connectivity index (χ4n) is 3.37. The van der Waals surface area contributed by atoms with Gasteiger partial charge >= 0.3 is 0 Å². The minimum absolute atomic E-state index is 0.0374. The summed E-state index contributed by atoms with van der Waals surface area (Å²) in [4.78, 5) is 17.3. The van der Waals surface area contributed by atoms with Gasteiger partial charge in [-0.15, -0.1) is 0 Å². The smallest absolute Gasteiger partial charge is 0.272 e. The van der Waals surface area contributed by atoms with Gasteiger partial charge < -0.3 is 9.72 Å². The Balaban J connectivity index is 2.01. The van der Waals surface area contributed by atoms with Gasteiger partial charge in [0.15, 0.2) is 5.69 Å². The van der Waals surface area contributed by atoms with Crippen molar-refractivity contribution in [2.75, 3.05) is 19.3 Å². The van der Waals surface area contributed by atoms with Crippen molar-refractivity contribution < 1.29 is 13.2 Å². The van der Waals surface area contributed by atoms with E-state index in [9.17, 15) is 13.2 Å². The second kappa shape index (κ2) is 6.66. The van der Waals surface area contributed by atoms with Crippen LogP contribution in [0.1, 0.15) is 55.8 Å². The quantitative estimate of drug-likeness (QED) is 0.885. The molecule has 0 saturated carbocycles. The van der Waals surface area contributed by atoms with E-state index < -0.39 is 10.0 Å². The first-order valence-electron chi connectivity index (χ1n) is 8.81. The third-order valence-corrected chi connectivity index (χ3v) is 5.77. The molecule has 0 radical (unpaired) electrons. The Hall–Kier alpha value is -1.93. The summed E-state index contributed by atoms with van der Waals surface area (Å²) in [5.74, 6) is 0.487. The minimum Gasteiger partial charge on any atom is -0.346 e. The molecule has 0 aromatic carbocycles. The molecule has 142 valence electrons. The molecular weight excluding hydrogens is 352 g/mol. The molecule has 1 aliphatic rings. The van der Waals surface area contributed by atoms with Crippen molar-refractivity contribution >= 4 is 21.4 Å². The highest BCUT2D eigenvalue weighted by atomic mass is 32.2. The zero-order valence-corrected chi connectivity index (χ0v) is 16.5. The molecule has 2 aromatic heterocycles. The lowest BCUT2D eigenvalue weighted by Crippen LogP contribution is -2.41. The number of aromatic nitrogens is 2. The lowest BCUT2D eigenvalue weighted by molar-refractivity contribution is 0.0916.